The molecule has 3 heteroatoms. The molecule has 17 heavy (non-hydrogen) atoms. The lowest BCUT2D eigenvalue weighted by Gasteiger charge is -2.31. The van der Waals surface area contributed by atoms with E-state index < -0.39 is 0 Å². The Labute approximate surface area is 126 Å². The molecule has 0 bridgehead atoms. The van der Waals surface area contributed by atoms with Crippen molar-refractivity contribution in [1.82, 2.24) is 0 Å². The monoisotopic (exact) mass is 380 g/mol. The Kier molecular flexibility index (Phi) is 7.13. The lowest BCUT2D eigenvalue weighted by atomic mass is 9.80. The van der Waals surface area contributed by atoms with Crippen LogP contribution in [-0.2, 0) is 5.41 Å². The Morgan fingerprint density at radius 2 is 1.88 bits per heavy atom. The molecule has 0 aliphatic heterocycles. The summed E-state index contributed by atoms with van der Waals surface area (Å²) in [6.45, 7) is 2.24. The fourth-order valence-corrected chi connectivity index (χ4v) is 4.33. The molecule has 1 aromatic rings. The van der Waals surface area contributed by atoms with Gasteiger partial charge in [-0.25, -0.2) is 0 Å². The van der Waals surface area contributed by atoms with Gasteiger partial charge in [0.2, 0.25) is 0 Å². The molecular formula is C14H19Br2Cl. The minimum atomic E-state index is 0.167. The van der Waals surface area contributed by atoms with Gasteiger partial charge in [0.15, 0.2) is 0 Å². The number of halogens is 3. The van der Waals surface area contributed by atoms with E-state index in [1.54, 1.807) is 0 Å². The van der Waals surface area contributed by atoms with Gasteiger partial charge >= 0.3 is 0 Å². The van der Waals surface area contributed by atoms with Crippen LogP contribution in [0.5, 0.6) is 0 Å². The average Bonchev–Trinajstić information content (AvgIpc) is 2.35. The van der Waals surface area contributed by atoms with E-state index in [1.807, 2.05) is 12.1 Å². The van der Waals surface area contributed by atoms with E-state index >= 15 is 0 Å². The predicted molar refractivity (Wildman–Crippen MR) is 84.9 cm³/mol. The van der Waals surface area contributed by atoms with Gasteiger partial charge in [0.05, 0.1) is 0 Å². The topological polar surface area (TPSA) is 0 Å². The highest BCUT2D eigenvalue weighted by molar-refractivity contribution is 9.09. The molecule has 0 unspecified atom stereocenters. The SMILES string of the molecule is CCCCCC(CBr)(CBr)c1cccc(Cl)c1. The summed E-state index contributed by atoms with van der Waals surface area (Å²) in [6.07, 6.45) is 5.01. The maximum Gasteiger partial charge on any atom is 0.0408 e. The molecule has 0 aliphatic rings. The first-order valence-electron chi connectivity index (χ1n) is 6.06. The third kappa shape index (κ3) is 4.25. The van der Waals surface area contributed by atoms with Gasteiger partial charge in [-0.2, -0.15) is 0 Å². The molecular weight excluding hydrogens is 363 g/mol. The Morgan fingerprint density at radius 1 is 1.18 bits per heavy atom. The normalized spacial score (nSPS) is 11.8. The fraction of sp³-hybridized carbons (Fsp3) is 0.571. The van der Waals surface area contributed by atoms with Crippen LogP contribution in [0.1, 0.15) is 38.2 Å². The smallest absolute Gasteiger partial charge is 0.0408 e. The first-order chi connectivity index (χ1) is 8.18. The van der Waals surface area contributed by atoms with E-state index in [0.717, 1.165) is 15.7 Å². The summed E-state index contributed by atoms with van der Waals surface area (Å²) in [4.78, 5) is 0. The molecule has 0 saturated carbocycles. The quantitative estimate of drug-likeness (QED) is 0.404. The van der Waals surface area contributed by atoms with E-state index in [0.29, 0.717) is 0 Å². The highest BCUT2D eigenvalue weighted by Crippen LogP contribution is 2.35. The molecule has 0 amide bonds. The van der Waals surface area contributed by atoms with Crippen LogP contribution in [0.3, 0.4) is 0 Å². The molecule has 0 fully saturated rings. The molecule has 0 saturated heterocycles. The average molecular weight is 383 g/mol. The third-order valence-corrected chi connectivity index (χ3v) is 5.59. The highest BCUT2D eigenvalue weighted by atomic mass is 79.9. The van der Waals surface area contributed by atoms with Crippen LogP contribution < -0.4 is 0 Å². The van der Waals surface area contributed by atoms with E-state index in [9.17, 15) is 0 Å². The van der Waals surface area contributed by atoms with E-state index in [1.165, 1.54) is 31.2 Å². The maximum absolute atomic E-state index is 6.10. The Morgan fingerprint density at radius 3 is 2.41 bits per heavy atom. The summed E-state index contributed by atoms with van der Waals surface area (Å²) >= 11 is 13.4. The molecule has 96 valence electrons. The molecule has 1 rings (SSSR count). The maximum atomic E-state index is 6.10. The molecule has 0 aliphatic carbocycles. The first kappa shape index (κ1) is 15.5. The fourth-order valence-electron chi connectivity index (χ4n) is 2.00. The Hall–Kier alpha value is 0.470. The number of unbranched alkanes of at least 4 members (excludes halogenated alkanes) is 2. The van der Waals surface area contributed by atoms with Crippen molar-refractivity contribution in [2.75, 3.05) is 10.7 Å². The summed E-state index contributed by atoms with van der Waals surface area (Å²) in [5, 5.41) is 2.76. The molecule has 0 heterocycles. The Bertz CT molecular complexity index is 335. The minimum absolute atomic E-state index is 0.167. The summed E-state index contributed by atoms with van der Waals surface area (Å²) in [6, 6.07) is 8.25. The van der Waals surface area contributed by atoms with Gasteiger partial charge in [0, 0.05) is 21.1 Å². The molecule has 1 aromatic carbocycles. The van der Waals surface area contributed by atoms with Crippen molar-refractivity contribution in [3.63, 3.8) is 0 Å². The predicted octanol–water partition coefficient (Wildman–Crippen LogP) is 5.95. The van der Waals surface area contributed by atoms with Gasteiger partial charge in [0.25, 0.3) is 0 Å². The summed E-state index contributed by atoms with van der Waals surface area (Å²) in [7, 11) is 0. The van der Waals surface area contributed by atoms with Gasteiger partial charge in [-0.1, -0.05) is 81.8 Å². The number of hydrogen-bond donors (Lipinski definition) is 0. The molecule has 0 nitrogen and oxygen atoms in total. The van der Waals surface area contributed by atoms with Crippen molar-refractivity contribution in [3.05, 3.63) is 34.9 Å². The lowest BCUT2D eigenvalue weighted by molar-refractivity contribution is 0.471. The van der Waals surface area contributed by atoms with Gasteiger partial charge in [-0.15, -0.1) is 0 Å². The van der Waals surface area contributed by atoms with E-state index in [2.05, 4.69) is 50.9 Å². The zero-order valence-electron chi connectivity index (χ0n) is 10.2. The van der Waals surface area contributed by atoms with Crippen LogP contribution in [0.15, 0.2) is 24.3 Å². The second-order valence-electron chi connectivity index (χ2n) is 4.52. The van der Waals surface area contributed by atoms with Crippen molar-refractivity contribution in [1.29, 1.82) is 0 Å². The van der Waals surface area contributed by atoms with Crippen LogP contribution in [0, 0.1) is 0 Å². The summed E-state index contributed by atoms with van der Waals surface area (Å²) in [5.74, 6) is 0. The van der Waals surface area contributed by atoms with Gasteiger partial charge in [-0.05, 0) is 24.1 Å². The summed E-state index contributed by atoms with van der Waals surface area (Å²) in [5.41, 5.74) is 1.50. The molecule has 0 radical (unpaired) electrons. The van der Waals surface area contributed by atoms with Gasteiger partial charge in [-0.3, -0.25) is 0 Å². The summed E-state index contributed by atoms with van der Waals surface area (Å²) < 4.78 is 0. The Balaban J connectivity index is 2.89. The van der Waals surface area contributed by atoms with Crippen molar-refractivity contribution in [2.45, 2.75) is 38.0 Å². The molecule has 0 spiro atoms. The largest absolute Gasteiger partial charge is 0.0918 e. The molecule has 0 aromatic heterocycles. The number of hydrogen-bond acceptors (Lipinski definition) is 0. The van der Waals surface area contributed by atoms with E-state index in [4.69, 9.17) is 11.6 Å². The molecule has 0 N–H and O–H groups in total. The van der Waals surface area contributed by atoms with E-state index in [-0.39, 0.29) is 5.41 Å². The second-order valence-corrected chi connectivity index (χ2v) is 6.07. The van der Waals surface area contributed by atoms with Crippen LogP contribution in [0.25, 0.3) is 0 Å². The van der Waals surface area contributed by atoms with Crippen molar-refractivity contribution in [2.24, 2.45) is 0 Å². The number of rotatable bonds is 7. The zero-order valence-corrected chi connectivity index (χ0v) is 14.1. The van der Waals surface area contributed by atoms with Crippen molar-refractivity contribution < 1.29 is 0 Å². The van der Waals surface area contributed by atoms with Gasteiger partial charge < -0.3 is 0 Å². The standard InChI is InChI=1S/C14H19Br2Cl/c1-2-3-4-8-14(10-15,11-16)12-6-5-7-13(17)9-12/h5-7,9H,2-4,8,10-11H2,1H3. The van der Waals surface area contributed by atoms with Crippen LogP contribution in [0.2, 0.25) is 5.02 Å². The first-order valence-corrected chi connectivity index (χ1v) is 8.68. The third-order valence-electron chi connectivity index (χ3n) is 3.21. The lowest BCUT2D eigenvalue weighted by Crippen LogP contribution is -2.30. The van der Waals surface area contributed by atoms with Gasteiger partial charge in [0.1, 0.15) is 0 Å². The zero-order chi connectivity index (χ0) is 12.7. The molecule has 0 atom stereocenters. The second kappa shape index (κ2) is 7.81. The van der Waals surface area contributed by atoms with Crippen LogP contribution in [-0.4, -0.2) is 10.7 Å². The minimum Gasteiger partial charge on any atom is -0.0918 e. The number of alkyl halides is 2. The van der Waals surface area contributed by atoms with Crippen molar-refractivity contribution >= 4 is 43.5 Å². The van der Waals surface area contributed by atoms with Crippen LogP contribution >= 0.6 is 43.5 Å². The number of benzene rings is 1. The van der Waals surface area contributed by atoms with Crippen molar-refractivity contribution in [3.8, 4) is 0 Å². The van der Waals surface area contributed by atoms with Crippen LogP contribution in [0.4, 0.5) is 0 Å². The highest BCUT2D eigenvalue weighted by Gasteiger charge is 2.29.